The average Bonchev–Trinajstić information content (AvgIpc) is 2.74. The van der Waals surface area contributed by atoms with Gasteiger partial charge in [0.1, 0.15) is 0 Å². The van der Waals surface area contributed by atoms with Crippen molar-refractivity contribution in [2.24, 2.45) is 11.5 Å². The molecule has 2 saturated carbocycles. The predicted molar refractivity (Wildman–Crippen MR) is 124 cm³/mol. The smallest absolute Gasteiger partial charge is 0.157 e. The minimum atomic E-state index is -0.791. The molecule has 0 amide bonds. The quantitative estimate of drug-likeness (QED) is 0.649. The minimum Gasteiger partial charge on any atom is -0.326 e. The molecule has 4 rings (SSSR count). The maximum absolute atomic E-state index is 14.8. The number of rotatable bonds is 4. The summed E-state index contributed by atoms with van der Waals surface area (Å²) in [5.41, 5.74) is 13.8. The van der Waals surface area contributed by atoms with Crippen molar-refractivity contribution in [3.8, 4) is 0 Å². The molecule has 3 nitrogen and oxygen atoms in total. The molecular formula is C25H30Cl2N2O. The fourth-order valence-corrected chi connectivity index (χ4v) is 6.25. The summed E-state index contributed by atoms with van der Waals surface area (Å²) in [6.07, 6.45) is 7.09. The molecule has 0 saturated heterocycles. The summed E-state index contributed by atoms with van der Waals surface area (Å²) >= 11 is 12.7. The maximum Gasteiger partial charge on any atom is 0.157 e. The summed E-state index contributed by atoms with van der Waals surface area (Å²) in [5, 5.41) is 1.25. The van der Waals surface area contributed by atoms with Crippen molar-refractivity contribution in [2.45, 2.75) is 74.3 Å². The number of Topliss-reactive ketones (excluding diaryl/α,β-unsaturated/α-hetero) is 1. The molecule has 4 N–H and O–H groups in total. The van der Waals surface area contributed by atoms with Crippen molar-refractivity contribution >= 4 is 29.0 Å². The second-order valence-electron chi connectivity index (χ2n) is 9.00. The summed E-state index contributed by atoms with van der Waals surface area (Å²) < 4.78 is 0. The minimum absolute atomic E-state index is 0.152. The fourth-order valence-electron chi connectivity index (χ4n) is 5.87. The Balaban J connectivity index is 1.94. The molecule has 0 radical (unpaired) electrons. The topological polar surface area (TPSA) is 69.1 Å². The molecule has 2 aliphatic carbocycles. The van der Waals surface area contributed by atoms with Crippen molar-refractivity contribution in [3.63, 3.8) is 0 Å². The van der Waals surface area contributed by atoms with Crippen molar-refractivity contribution in [1.82, 2.24) is 0 Å². The Hall–Kier alpha value is -1.39. The van der Waals surface area contributed by atoms with Gasteiger partial charge in [0.25, 0.3) is 0 Å². The van der Waals surface area contributed by atoms with Gasteiger partial charge < -0.3 is 11.5 Å². The van der Waals surface area contributed by atoms with Crippen LogP contribution in [0.25, 0.3) is 0 Å². The van der Waals surface area contributed by atoms with E-state index in [1.165, 1.54) is 0 Å². The van der Waals surface area contributed by atoms with Gasteiger partial charge >= 0.3 is 0 Å². The molecule has 30 heavy (non-hydrogen) atoms. The summed E-state index contributed by atoms with van der Waals surface area (Å²) in [6.45, 7) is 0. The lowest BCUT2D eigenvalue weighted by Crippen LogP contribution is -2.64. The normalized spacial score (nSPS) is 32.0. The van der Waals surface area contributed by atoms with E-state index in [0.29, 0.717) is 10.0 Å². The lowest BCUT2D eigenvalue weighted by Gasteiger charge is -2.51. The second-order valence-corrected chi connectivity index (χ2v) is 9.87. The van der Waals surface area contributed by atoms with E-state index in [1.807, 2.05) is 48.5 Å². The summed E-state index contributed by atoms with van der Waals surface area (Å²) in [6, 6.07) is 14.9. The van der Waals surface area contributed by atoms with Crippen LogP contribution in [0.1, 0.15) is 62.5 Å². The lowest BCUT2D eigenvalue weighted by atomic mass is 9.52. The molecule has 4 unspecified atom stereocenters. The van der Waals surface area contributed by atoms with Crippen molar-refractivity contribution in [3.05, 3.63) is 69.7 Å². The third-order valence-corrected chi connectivity index (χ3v) is 7.90. The Kier molecular flexibility index (Phi) is 6.28. The molecule has 160 valence electrons. The number of hydrogen-bond donors (Lipinski definition) is 2. The summed E-state index contributed by atoms with van der Waals surface area (Å²) in [7, 11) is 0. The average molecular weight is 445 g/mol. The molecule has 2 fully saturated rings. The zero-order valence-electron chi connectivity index (χ0n) is 17.2. The number of halogens is 2. The molecule has 5 heteroatoms. The number of carbonyl (C=O) groups excluding carboxylic acids is 1. The number of carbonyl (C=O) groups is 1. The van der Waals surface area contributed by atoms with Gasteiger partial charge in [-0.2, -0.15) is 0 Å². The molecule has 0 bridgehead atoms. The highest BCUT2D eigenvalue weighted by molar-refractivity contribution is 6.31. The van der Waals surface area contributed by atoms with Crippen molar-refractivity contribution in [1.29, 1.82) is 0 Å². The monoisotopic (exact) mass is 444 g/mol. The Labute approximate surface area is 189 Å². The first-order valence-corrected chi connectivity index (χ1v) is 11.7. The van der Waals surface area contributed by atoms with Crippen molar-refractivity contribution < 1.29 is 4.79 Å². The van der Waals surface area contributed by atoms with Gasteiger partial charge in [-0.15, -0.1) is 0 Å². The SMILES string of the molecule is NC1CCCCC1(C(=O)C1(c2cccc(Cl)c2)CCCCC1N)c1cccc(Cl)c1. The van der Waals surface area contributed by atoms with E-state index >= 15 is 0 Å². The van der Waals surface area contributed by atoms with E-state index in [4.69, 9.17) is 34.7 Å². The van der Waals surface area contributed by atoms with Gasteiger partial charge in [0.15, 0.2) is 5.78 Å². The zero-order chi connectivity index (χ0) is 21.4. The Bertz CT molecular complexity index is 859. The third kappa shape index (κ3) is 3.50. The van der Waals surface area contributed by atoms with E-state index in [-0.39, 0.29) is 17.9 Å². The predicted octanol–water partition coefficient (Wildman–Crippen LogP) is 5.54. The van der Waals surface area contributed by atoms with Crippen molar-refractivity contribution in [2.75, 3.05) is 0 Å². The molecule has 2 aromatic carbocycles. The molecule has 0 aliphatic heterocycles. The Morgan fingerprint density at radius 2 is 1.20 bits per heavy atom. The number of nitrogens with two attached hydrogens (primary N) is 2. The van der Waals surface area contributed by atoms with Crippen LogP contribution < -0.4 is 11.5 Å². The summed E-state index contributed by atoms with van der Waals surface area (Å²) in [4.78, 5) is 14.8. The van der Waals surface area contributed by atoms with Gasteiger partial charge in [-0.1, -0.05) is 73.2 Å². The van der Waals surface area contributed by atoms with E-state index in [2.05, 4.69) is 0 Å². The van der Waals surface area contributed by atoms with Gasteiger partial charge in [-0.05, 0) is 61.1 Å². The van der Waals surface area contributed by atoms with Crippen LogP contribution in [0.3, 0.4) is 0 Å². The second kappa shape index (κ2) is 8.63. The highest BCUT2D eigenvalue weighted by Crippen LogP contribution is 2.50. The number of benzene rings is 2. The van der Waals surface area contributed by atoms with Gasteiger partial charge in [0, 0.05) is 22.1 Å². The van der Waals surface area contributed by atoms with Gasteiger partial charge in [-0.25, -0.2) is 0 Å². The maximum atomic E-state index is 14.8. The molecule has 0 aromatic heterocycles. The van der Waals surface area contributed by atoms with Gasteiger partial charge in [0.2, 0.25) is 0 Å². The molecule has 4 atom stereocenters. The third-order valence-electron chi connectivity index (χ3n) is 7.43. The van der Waals surface area contributed by atoms with Crippen LogP contribution in [0.5, 0.6) is 0 Å². The first-order chi connectivity index (χ1) is 14.4. The lowest BCUT2D eigenvalue weighted by molar-refractivity contribution is -0.134. The molecule has 0 spiro atoms. The Morgan fingerprint density at radius 3 is 1.57 bits per heavy atom. The molecular weight excluding hydrogens is 415 g/mol. The van der Waals surface area contributed by atoms with Crippen LogP contribution in [0.4, 0.5) is 0 Å². The van der Waals surface area contributed by atoms with Crippen LogP contribution in [0, 0.1) is 0 Å². The van der Waals surface area contributed by atoms with E-state index in [9.17, 15) is 4.79 Å². The van der Waals surface area contributed by atoms with Gasteiger partial charge in [-0.3, -0.25) is 4.79 Å². The standard InChI is InChI=1S/C25H30Cl2N2O/c26-19-9-5-7-17(15-19)24(13-3-1-11-21(24)28)23(30)25(14-4-2-12-22(25)29)18-8-6-10-20(27)16-18/h5-10,15-16,21-22H,1-4,11-14,28-29H2. The van der Waals surface area contributed by atoms with Crippen LogP contribution in [0.2, 0.25) is 10.0 Å². The zero-order valence-corrected chi connectivity index (χ0v) is 18.8. The van der Waals surface area contributed by atoms with Crippen LogP contribution in [0.15, 0.2) is 48.5 Å². The number of ketones is 1. The van der Waals surface area contributed by atoms with Crippen LogP contribution in [-0.2, 0) is 15.6 Å². The van der Waals surface area contributed by atoms with Crippen LogP contribution >= 0.6 is 23.2 Å². The van der Waals surface area contributed by atoms with E-state index in [1.54, 1.807) is 0 Å². The highest BCUT2D eigenvalue weighted by atomic mass is 35.5. The number of hydrogen-bond acceptors (Lipinski definition) is 3. The Morgan fingerprint density at radius 1 is 0.767 bits per heavy atom. The molecule has 0 heterocycles. The van der Waals surface area contributed by atoms with E-state index < -0.39 is 10.8 Å². The van der Waals surface area contributed by atoms with E-state index in [0.717, 1.165) is 62.5 Å². The molecule has 2 aliphatic rings. The fraction of sp³-hybridized carbons (Fsp3) is 0.480. The van der Waals surface area contributed by atoms with Crippen LogP contribution in [-0.4, -0.2) is 17.9 Å². The largest absolute Gasteiger partial charge is 0.326 e. The highest BCUT2D eigenvalue weighted by Gasteiger charge is 2.57. The van der Waals surface area contributed by atoms with Gasteiger partial charge in [0.05, 0.1) is 10.8 Å². The summed E-state index contributed by atoms with van der Waals surface area (Å²) in [5.74, 6) is 0.152. The first-order valence-electron chi connectivity index (χ1n) is 11.0. The molecule has 2 aromatic rings. The first kappa shape index (κ1) is 21.8.